The summed E-state index contributed by atoms with van der Waals surface area (Å²) in [5.74, 6) is 0.637. The van der Waals surface area contributed by atoms with Crippen LogP contribution in [0.1, 0.15) is 24.0 Å². The number of carbonyl (C=O) groups is 1. The second-order valence-electron chi connectivity index (χ2n) is 5.44. The Labute approximate surface area is 135 Å². The Kier molecular flexibility index (Phi) is 4.64. The predicted octanol–water partition coefficient (Wildman–Crippen LogP) is 4.24. The van der Waals surface area contributed by atoms with Crippen LogP contribution in [0.5, 0.6) is 5.75 Å². The molecule has 3 rings (SSSR count). The molecule has 0 heterocycles. The molecule has 0 spiro atoms. The van der Waals surface area contributed by atoms with Gasteiger partial charge in [0.15, 0.2) is 0 Å². The van der Waals surface area contributed by atoms with E-state index in [9.17, 15) is 4.79 Å². The molecule has 1 aliphatic rings. The fourth-order valence-electron chi connectivity index (χ4n) is 2.69. The number of hydrogen-bond donors (Lipinski definition) is 1. The Balaban J connectivity index is 1.48. The first-order valence-electron chi connectivity index (χ1n) is 7.51. The molecule has 4 heteroatoms. The molecule has 0 aliphatic heterocycles. The number of anilines is 1. The first-order chi connectivity index (χ1) is 10.7. The van der Waals surface area contributed by atoms with Gasteiger partial charge in [-0.15, -0.1) is 0 Å². The highest BCUT2D eigenvalue weighted by atomic mass is 35.5. The molecule has 0 bridgehead atoms. The monoisotopic (exact) mass is 315 g/mol. The number of fused-ring (bicyclic) bond motifs is 1. The molecule has 0 radical (unpaired) electrons. The predicted molar refractivity (Wildman–Crippen MR) is 88.7 cm³/mol. The maximum atomic E-state index is 12.0. The van der Waals surface area contributed by atoms with Crippen LogP contribution in [0.15, 0.2) is 42.5 Å². The second kappa shape index (κ2) is 6.84. The van der Waals surface area contributed by atoms with Crippen molar-refractivity contribution in [3.63, 3.8) is 0 Å². The van der Waals surface area contributed by atoms with Gasteiger partial charge in [-0.25, -0.2) is 0 Å². The summed E-state index contributed by atoms with van der Waals surface area (Å²) < 4.78 is 5.52. The summed E-state index contributed by atoms with van der Waals surface area (Å²) in [6.07, 6.45) is 3.78. The van der Waals surface area contributed by atoms with E-state index in [-0.39, 0.29) is 5.91 Å². The van der Waals surface area contributed by atoms with Crippen LogP contribution in [0, 0.1) is 0 Å². The molecule has 2 aromatic rings. The van der Waals surface area contributed by atoms with Crippen molar-refractivity contribution in [2.24, 2.45) is 0 Å². The topological polar surface area (TPSA) is 38.3 Å². The third-order valence-corrected chi connectivity index (χ3v) is 4.01. The van der Waals surface area contributed by atoms with Crippen LogP contribution >= 0.6 is 11.6 Å². The molecule has 0 fully saturated rings. The van der Waals surface area contributed by atoms with Crippen LogP contribution in [0.4, 0.5) is 5.69 Å². The molecule has 1 aliphatic carbocycles. The van der Waals surface area contributed by atoms with Crippen LogP contribution in [0.25, 0.3) is 0 Å². The first kappa shape index (κ1) is 14.9. The lowest BCUT2D eigenvalue weighted by molar-refractivity contribution is -0.116. The summed E-state index contributed by atoms with van der Waals surface area (Å²) in [5.41, 5.74) is 3.63. The number of benzene rings is 2. The van der Waals surface area contributed by atoms with Gasteiger partial charge in [0, 0.05) is 10.7 Å². The molecular formula is C18H18ClNO2. The molecular weight excluding hydrogens is 298 g/mol. The van der Waals surface area contributed by atoms with Gasteiger partial charge in [0.2, 0.25) is 5.91 Å². The fraction of sp³-hybridized carbons (Fsp3) is 0.278. The average Bonchev–Trinajstić information content (AvgIpc) is 2.95. The van der Waals surface area contributed by atoms with E-state index in [4.69, 9.17) is 16.3 Å². The molecule has 0 saturated carbocycles. The second-order valence-corrected chi connectivity index (χ2v) is 5.88. The van der Waals surface area contributed by atoms with E-state index in [1.54, 1.807) is 12.1 Å². The van der Waals surface area contributed by atoms with Gasteiger partial charge in [-0.1, -0.05) is 23.7 Å². The summed E-state index contributed by atoms with van der Waals surface area (Å²) in [5, 5.41) is 3.55. The van der Waals surface area contributed by atoms with Crippen molar-refractivity contribution < 1.29 is 9.53 Å². The van der Waals surface area contributed by atoms with Gasteiger partial charge in [0.25, 0.3) is 0 Å². The summed E-state index contributed by atoms with van der Waals surface area (Å²) in [6, 6.07) is 13.3. The van der Waals surface area contributed by atoms with E-state index < -0.39 is 0 Å². The van der Waals surface area contributed by atoms with Crippen LogP contribution in [-0.2, 0) is 17.6 Å². The van der Waals surface area contributed by atoms with E-state index in [1.807, 2.05) is 18.2 Å². The van der Waals surface area contributed by atoms with E-state index in [0.717, 1.165) is 18.5 Å². The highest BCUT2D eigenvalue weighted by Crippen LogP contribution is 2.25. The van der Waals surface area contributed by atoms with Gasteiger partial charge in [-0.05, 0) is 60.7 Å². The van der Waals surface area contributed by atoms with E-state index in [2.05, 4.69) is 17.4 Å². The minimum absolute atomic E-state index is 0.0417. The number of halogens is 1. The molecule has 0 atom stereocenters. The summed E-state index contributed by atoms with van der Waals surface area (Å²) in [6.45, 7) is 0.330. The summed E-state index contributed by atoms with van der Waals surface area (Å²) in [7, 11) is 0. The zero-order chi connectivity index (χ0) is 15.4. The summed E-state index contributed by atoms with van der Waals surface area (Å²) in [4.78, 5) is 12.0. The molecule has 2 aromatic carbocycles. The molecule has 1 N–H and O–H groups in total. The standard InChI is InChI=1S/C18H18ClNO2/c19-15-5-2-6-17(12-15)22-10-9-18(21)20-16-8-7-13-3-1-4-14(13)11-16/h2,5-8,11-12H,1,3-4,9-10H2,(H,20,21). The van der Waals surface area contributed by atoms with Gasteiger partial charge in [0.05, 0.1) is 13.0 Å². The Morgan fingerprint density at radius 3 is 2.86 bits per heavy atom. The van der Waals surface area contributed by atoms with Crippen LogP contribution in [-0.4, -0.2) is 12.5 Å². The zero-order valence-corrected chi connectivity index (χ0v) is 13.0. The maximum Gasteiger partial charge on any atom is 0.227 e. The quantitative estimate of drug-likeness (QED) is 0.896. The third-order valence-electron chi connectivity index (χ3n) is 3.78. The van der Waals surface area contributed by atoms with Gasteiger partial charge in [-0.2, -0.15) is 0 Å². The van der Waals surface area contributed by atoms with Crippen LogP contribution in [0.3, 0.4) is 0 Å². The largest absolute Gasteiger partial charge is 0.493 e. The Morgan fingerprint density at radius 2 is 2.00 bits per heavy atom. The average molecular weight is 316 g/mol. The normalized spacial score (nSPS) is 12.8. The number of carbonyl (C=O) groups excluding carboxylic acids is 1. The first-order valence-corrected chi connectivity index (χ1v) is 7.88. The number of rotatable bonds is 5. The van der Waals surface area contributed by atoms with Gasteiger partial charge < -0.3 is 10.1 Å². The Bertz CT molecular complexity index is 685. The minimum atomic E-state index is -0.0417. The smallest absolute Gasteiger partial charge is 0.227 e. The number of nitrogens with one attached hydrogen (secondary N) is 1. The SMILES string of the molecule is O=C(CCOc1cccc(Cl)c1)Nc1ccc2c(c1)CCC2. The number of amides is 1. The van der Waals surface area contributed by atoms with Gasteiger partial charge >= 0.3 is 0 Å². The minimum Gasteiger partial charge on any atom is -0.493 e. The van der Waals surface area contributed by atoms with Crippen molar-refractivity contribution in [1.82, 2.24) is 0 Å². The van der Waals surface area contributed by atoms with Crippen molar-refractivity contribution >= 4 is 23.2 Å². The molecule has 0 aromatic heterocycles. The third kappa shape index (κ3) is 3.80. The van der Waals surface area contributed by atoms with Gasteiger partial charge in [0.1, 0.15) is 5.75 Å². The molecule has 1 amide bonds. The Morgan fingerprint density at radius 1 is 1.14 bits per heavy atom. The van der Waals surface area contributed by atoms with E-state index >= 15 is 0 Å². The molecule has 3 nitrogen and oxygen atoms in total. The lowest BCUT2D eigenvalue weighted by atomic mass is 10.1. The number of hydrogen-bond acceptors (Lipinski definition) is 2. The molecule has 0 unspecified atom stereocenters. The molecule has 22 heavy (non-hydrogen) atoms. The summed E-state index contributed by atoms with van der Waals surface area (Å²) >= 11 is 5.88. The van der Waals surface area contributed by atoms with Crippen molar-refractivity contribution in [1.29, 1.82) is 0 Å². The van der Waals surface area contributed by atoms with Crippen LogP contribution in [0.2, 0.25) is 5.02 Å². The lowest BCUT2D eigenvalue weighted by Gasteiger charge is -2.09. The van der Waals surface area contributed by atoms with E-state index in [0.29, 0.717) is 23.8 Å². The zero-order valence-electron chi connectivity index (χ0n) is 12.3. The highest BCUT2D eigenvalue weighted by molar-refractivity contribution is 6.30. The van der Waals surface area contributed by atoms with Crippen molar-refractivity contribution in [3.8, 4) is 5.75 Å². The Hall–Kier alpha value is -2.00. The molecule has 114 valence electrons. The van der Waals surface area contributed by atoms with Crippen LogP contribution < -0.4 is 10.1 Å². The highest BCUT2D eigenvalue weighted by Gasteiger charge is 2.11. The number of ether oxygens (including phenoxy) is 1. The van der Waals surface area contributed by atoms with Crippen molar-refractivity contribution in [3.05, 3.63) is 58.6 Å². The van der Waals surface area contributed by atoms with Crippen molar-refractivity contribution in [2.45, 2.75) is 25.7 Å². The van der Waals surface area contributed by atoms with Crippen molar-refractivity contribution in [2.75, 3.05) is 11.9 Å². The van der Waals surface area contributed by atoms with Gasteiger partial charge in [-0.3, -0.25) is 4.79 Å². The lowest BCUT2D eigenvalue weighted by Crippen LogP contribution is -2.15. The maximum absolute atomic E-state index is 12.0. The number of aryl methyl sites for hydroxylation is 2. The fourth-order valence-corrected chi connectivity index (χ4v) is 2.87. The van der Waals surface area contributed by atoms with E-state index in [1.165, 1.54) is 17.5 Å². The molecule has 0 saturated heterocycles.